The van der Waals surface area contributed by atoms with Crippen molar-refractivity contribution < 1.29 is 4.52 Å². The summed E-state index contributed by atoms with van der Waals surface area (Å²) in [5.74, 6) is 2.22. The molecule has 1 saturated carbocycles. The van der Waals surface area contributed by atoms with E-state index in [1.165, 1.54) is 32.1 Å². The molecule has 0 spiro atoms. The molecule has 2 rings (SSSR count). The molecule has 1 aliphatic carbocycles. The van der Waals surface area contributed by atoms with E-state index in [2.05, 4.69) is 47.6 Å². The van der Waals surface area contributed by atoms with E-state index in [-0.39, 0.29) is 24.0 Å². The molecule has 24 heavy (non-hydrogen) atoms. The topological polar surface area (TPSA) is 62.5 Å². The number of nitrogens with zero attached hydrogens (tertiary/aromatic N) is 2. The standard InChI is InChI=1S/C18H32N4O.HI/c1-4-14(5-2)17-12-16(23-22-17)13-20-18(19-6-3)21-15-10-8-7-9-11-15;/h12,14-15H,4-11,13H2,1-3H3,(H2,19,20,21);1H. The Morgan fingerprint density at radius 3 is 2.58 bits per heavy atom. The molecule has 0 atom stereocenters. The van der Waals surface area contributed by atoms with Crippen LogP contribution >= 0.6 is 24.0 Å². The summed E-state index contributed by atoms with van der Waals surface area (Å²) in [6.07, 6.45) is 8.67. The molecule has 5 nitrogen and oxygen atoms in total. The van der Waals surface area contributed by atoms with Gasteiger partial charge in [0.05, 0.1) is 5.69 Å². The second kappa shape index (κ2) is 11.7. The average Bonchev–Trinajstić information content (AvgIpc) is 3.04. The summed E-state index contributed by atoms with van der Waals surface area (Å²) >= 11 is 0. The molecule has 0 radical (unpaired) electrons. The Morgan fingerprint density at radius 1 is 1.25 bits per heavy atom. The summed E-state index contributed by atoms with van der Waals surface area (Å²) < 4.78 is 5.46. The summed E-state index contributed by atoms with van der Waals surface area (Å²) in [5.41, 5.74) is 1.06. The second-order valence-corrected chi connectivity index (χ2v) is 6.41. The fourth-order valence-corrected chi connectivity index (χ4v) is 3.22. The minimum absolute atomic E-state index is 0. The van der Waals surface area contributed by atoms with Gasteiger partial charge in [-0.05, 0) is 32.6 Å². The Morgan fingerprint density at radius 2 is 1.96 bits per heavy atom. The van der Waals surface area contributed by atoms with Crippen LogP contribution in [0.3, 0.4) is 0 Å². The molecule has 1 aromatic heterocycles. The Bertz CT molecular complexity index is 479. The highest BCUT2D eigenvalue weighted by atomic mass is 127. The molecule has 1 aliphatic rings. The number of aliphatic imine (C=N–C) groups is 1. The molecule has 0 bridgehead atoms. The third kappa shape index (κ3) is 6.61. The maximum atomic E-state index is 5.46. The van der Waals surface area contributed by atoms with Crippen molar-refractivity contribution in [2.24, 2.45) is 4.99 Å². The molecular formula is C18H33IN4O. The lowest BCUT2D eigenvalue weighted by atomic mass is 9.96. The number of aromatic nitrogens is 1. The van der Waals surface area contributed by atoms with Gasteiger partial charge in [-0.1, -0.05) is 38.3 Å². The van der Waals surface area contributed by atoms with E-state index in [0.717, 1.165) is 36.8 Å². The van der Waals surface area contributed by atoms with Crippen LogP contribution in [0.25, 0.3) is 0 Å². The number of hydrogen-bond donors (Lipinski definition) is 2. The van der Waals surface area contributed by atoms with E-state index in [0.29, 0.717) is 18.5 Å². The van der Waals surface area contributed by atoms with Gasteiger partial charge in [-0.3, -0.25) is 0 Å². The summed E-state index contributed by atoms with van der Waals surface area (Å²) in [4.78, 5) is 4.66. The zero-order valence-electron chi connectivity index (χ0n) is 15.3. The van der Waals surface area contributed by atoms with Gasteiger partial charge in [-0.2, -0.15) is 0 Å². The van der Waals surface area contributed by atoms with Crippen molar-refractivity contribution in [3.63, 3.8) is 0 Å². The van der Waals surface area contributed by atoms with Gasteiger partial charge < -0.3 is 15.2 Å². The van der Waals surface area contributed by atoms with E-state index in [1.807, 2.05) is 0 Å². The molecule has 1 aromatic rings. The van der Waals surface area contributed by atoms with Gasteiger partial charge in [-0.25, -0.2) is 4.99 Å². The van der Waals surface area contributed by atoms with E-state index in [1.54, 1.807) is 0 Å². The molecule has 2 N–H and O–H groups in total. The normalized spacial score (nSPS) is 16.1. The van der Waals surface area contributed by atoms with Crippen LogP contribution in [0.5, 0.6) is 0 Å². The van der Waals surface area contributed by atoms with Gasteiger partial charge in [0.15, 0.2) is 11.7 Å². The number of hydrogen-bond acceptors (Lipinski definition) is 3. The summed E-state index contributed by atoms with van der Waals surface area (Å²) in [5, 5.41) is 11.1. The predicted octanol–water partition coefficient (Wildman–Crippen LogP) is 4.58. The Labute approximate surface area is 163 Å². The zero-order chi connectivity index (χ0) is 16.5. The lowest BCUT2D eigenvalue weighted by Gasteiger charge is -2.24. The zero-order valence-corrected chi connectivity index (χ0v) is 17.6. The largest absolute Gasteiger partial charge is 0.359 e. The molecule has 1 heterocycles. The summed E-state index contributed by atoms with van der Waals surface area (Å²) in [7, 11) is 0. The van der Waals surface area contributed by atoms with E-state index >= 15 is 0 Å². The van der Waals surface area contributed by atoms with Gasteiger partial charge in [-0.15, -0.1) is 24.0 Å². The molecule has 0 saturated heterocycles. The Hall–Kier alpha value is -0.790. The van der Waals surface area contributed by atoms with Crippen molar-refractivity contribution >= 4 is 29.9 Å². The van der Waals surface area contributed by atoms with Crippen LogP contribution in [0.15, 0.2) is 15.6 Å². The smallest absolute Gasteiger partial charge is 0.191 e. The van der Waals surface area contributed by atoms with Crippen LogP contribution in [-0.2, 0) is 6.54 Å². The van der Waals surface area contributed by atoms with Crippen molar-refractivity contribution in [1.82, 2.24) is 15.8 Å². The molecule has 6 heteroatoms. The van der Waals surface area contributed by atoms with Crippen molar-refractivity contribution in [1.29, 1.82) is 0 Å². The second-order valence-electron chi connectivity index (χ2n) is 6.41. The monoisotopic (exact) mass is 448 g/mol. The third-order valence-corrected chi connectivity index (χ3v) is 4.66. The number of nitrogens with one attached hydrogen (secondary N) is 2. The molecule has 0 aliphatic heterocycles. The minimum Gasteiger partial charge on any atom is -0.359 e. The van der Waals surface area contributed by atoms with Crippen molar-refractivity contribution in [2.45, 2.75) is 84.2 Å². The number of guanidine groups is 1. The van der Waals surface area contributed by atoms with E-state index < -0.39 is 0 Å². The average molecular weight is 448 g/mol. The van der Waals surface area contributed by atoms with Crippen LogP contribution in [0.4, 0.5) is 0 Å². The highest BCUT2D eigenvalue weighted by Crippen LogP contribution is 2.22. The summed E-state index contributed by atoms with van der Waals surface area (Å²) in [6.45, 7) is 7.89. The SMILES string of the molecule is CCNC(=NCc1cc(C(CC)CC)no1)NC1CCCCC1.I. The van der Waals surface area contributed by atoms with E-state index in [9.17, 15) is 0 Å². The first-order valence-corrected chi connectivity index (χ1v) is 9.27. The van der Waals surface area contributed by atoms with Gasteiger partial charge in [0, 0.05) is 24.6 Å². The maximum absolute atomic E-state index is 5.46. The molecule has 0 unspecified atom stereocenters. The first-order chi connectivity index (χ1) is 11.3. The van der Waals surface area contributed by atoms with Crippen LogP contribution in [-0.4, -0.2) is 23.7 Å². The predicted molar refractivity (Wildman–Crippen MR) is 110 cm³/mol. The first-order valence-electron chi connectivity index (χ1n) is 9.27. The quantitative estimate of drug-likeness (QED) is 0.364. The first kappa shape index (κ1) is 21.3. The van der Waals surface area contributed by atoms with Crippen LogP contribution < -0.4 is 10.6 Å². The molecule has 1 fully saturated rings. The fraction of sp³-hybridized carbons (Fsp3) is 0.778. The lowest BCUT2D eigenvalue weighted by Crippen LogP contribution is -2.44. The Balaban J connectivity index is 0.00000288. The van der Waals surface area contributed by atoms with Crippen molar-refractivity contribution in [2.75, 3.05) is 6.54 Å². The fourth-order valence-electron chi connectivity index (χ4n) is 3.22. The highest BCUT2D eigenvalue weighted by Gasteiger charge is 2.15. The number of halogens is 1. The van der Waals surface area contributed by atoms with Gasteiger partial charge in [0.1, 0.15) is 6.54 Å². The third-order valence-electron chi connectivity index (χ3n) is 4.66. The van der Waals surface area contributed by atoms with Crippen molar-refractivity contribution in [3.8, 4) is 0 Å². The highest BCUT2D eigenvalue weighted by molar-refractivity contribution is 14.0. The molecule has 138 valence electrons. The van der Waals surface area contributed by atoms with Gasteiger partial charge >= 0.3 is 0 Å². The molecule has 0 amide bonds. The van der Waals surface area contributed by atoms with Crippen LogP contribution in [0.1, 0.15) is 83.1 Å². The lowest BCUT2D eigenvalue weighted by molar-refractivity contribution is 0.371. The Kier molecular flexibility index (Phi) is 10.4. The van der Waals surface area contributed by atoms with E-state index in [4.69, 9.17) is 4.52 Å². The van der Waals surface area contributed by atoms with Crippen LogP contribution in [0.2, 0.25) is 0 Å². The molecule has 0 aromatic carbocycles. The summed E-state index contributed by atoms with van der Waals surface area (Å²) in [6, 6.07) is 2.61. The van der Waals surface area contributed by atoms with Gasteiger partial charge in [0.2, 0.25) is 0 Å². The van der Waals surface area contributed by atoms with Crippen LogP contribution in [0, 0.1) is 0 Å². The minimum atomic E-state index is 0. The van der Waals surface area contributed by atoms with Crippen molar-refractivity contribution in [3.05, 3.63) is 17.5 Å². The molecular weight excluding hydrogens is 415 g/mol. The maximum Gasteiger partial charge on any atom is 0.191 e. The van der Waals surface area contributed by atoms with Gasteiger partial charge in [0.25, 0.3) is 0 Å². The number of rotatable bonds is 7.